The van der Waals surface area contributed by atoms with Gasteiger partial charge in [-0.15, -0.1) is 0 Å². The Morgan fingerprint density at radius 1 is 1.35 bits per heavy atom. The molecular formula is C18H26ClN5O2. The molecule has 0 aliphatic rings. The zero-order valence-electron chi connectivity index (χ0n) is 15.4. The molecule has 0 radical (unpaired) electrons. The number of hydrogen-bond acceptors (Lipinski definition) is 4. The molecule has 0 spiro atoms. The molecule has 1 aromatic heterocycles. The summed E-state index contributed by atoms with van der Waals surface area (Å²) in [5, 5.41) is 8.62. The zero-order valence-corrected chi connectivity index (χ0v) is 16.2. The predicted molar refractivity (Wildman–Crippen MR) is 105 cm³/mol. The number of aromatic amines is 1. The molecule has 0 bridgehead atoms. The van der Waals surface area contributed by atoms with E-state index >= 15 is 0 Å². The summed E-state index contributed by atoms with van der Waals surface area (Å²) in [7, 11) is 1.45. The van der Waals surface area contributed by atoms with Gasteiger partial charge in [0.15, 0.2) is 5.96 Å². The maximum atomic E-state index is 12.4. The van der Waals surface area contributed by atoms with Gasteiger partial charge in [-0.3, -0.25) is 15.1 Å². The van der Waals surface area contributed by atoms with Crippen LogP contribution in [0.4, 0.5) is 0 Å². The van der Waals surface area contributed by atoms with Crippen LogP contribution in [0.2, 0.25) is 5.02 Å². The molecule has 0 saturated heterocycles. The third-order valence-electron chi connectivity index (χ3n) is 4.37. The van der Waals surface area contributed by atoms with Crippen LogP contribution in [0.15, 0.2) is 18.2 Å². The smallest absolute Gasteiger partial charge is 0.276 e. The van der Waals surface area contributed by atoms with Crippen LogP contribution in [0.3, 0.4) is 0 Å². The molecule has 0 atom stereocenters. The van der Waals surface area contributed by atoms with Gasteiger partial charge in [0.05, 0.1) is 17.1 Å². The molecule has 142 valence electrons. The molecule has 0 saturated carbocycles. The first-order chi connectivity index (χ1) is 12.4. The standard InChI is InChI=1S/C18H26ClN5O2/c1-4-24(5-2)9-6-10-26-15-8-7-13(19)12-11-14(22-16(12)15)17(25)23(3)18(20)21/h7-8,11,22H,4-6,9-10H2,1-3H3,(H3,20,21). The third kappa shape index (κ3) is 4.47. The van der Waals surface area contributed by atoms with Crippen molar-refractivity contribution < 1.29 is 9.53 Å². The van der Waals surface area contributed by atoms with Crippen molar-refractivity contribution in [2.45, 2.75) is 20.3 Å². The lowest BCUT2D eigenvalue weighted by Crippen LogP contribution is -2.38. The van der Waals surface area contributed by atoms with Crippen LogP contribution in [0.1, 0.15) is 30.8 Å². The fraction of sp³-hybridized carbons (Fsp3) is 0.444. The van der Waals surface area contributed by atoms with Crippen molar-refractivity contribution in [3.8, 4) is 5.75 Å². The summed E-state index contributed by atoms with van der Waals surface area (Å²) in [4.78, 5) is 18.8. The number of nitrogens with one attached hydrogen (secondary N) is 2. The van der Waals surface area contributed by atoms with E-state index in [1.807, 2.05) is 0 Å². The molecular weight excluding hydrogens is 354 g/mol. The van der Waals surface area contributed by atoms with Crippen molar-refractivity contribution in [2.24, 2.45) is 5.73 Å². The van der Waals surface area contributed by atoms with Gasteiger partial charge in [0.2, 0.25) is 0 Å². The average Bonchev–Trinajstić information content (AvgIpc) is 3.08. The molecule has 0 aliphatic carbocycles. The number of nitrogens with zero attached hydrogens (tertiary/aromatic N) is 2. The van der Waals surface area contributed by atoms with Gasteiger partial charge in [-0.1, -0.05) is 25.4 Å². The van der Waals surface area contributed by atoms with Gasteiger partial charge in [0.1, 0.15) is 11.4 Å². The first-order valence-corrected chi connectivity index (χ1v) is 9.05. The molecule has 0 unspecified atom stereocenters. The van der Waals surface area contributed by atoms with Crippen LogP contribution in [0.25, 0.3) is 10.9 Å². The van der Waals surface area contributed by atoms with Crippen LogP contribution in [-0.2, 0) is 0 Å². The average molecular weight is 380 g/mol. The SMILES string of the molecule is CCN(CC)CCCOc1ccc(Cl)c2cc(C(=O)N(C)C(=N)N)[nH]c12. The van der Waals surface area contributed by atoms with E-state index in [1.54, 1.807) is 18.2 Å². The number of aromatic nitrogens is 1. The molecule has 26 heavy (non-hydrogen) atoms. The number of hydrogen-bond donors (Lipinski definition) is 3. The minimum Gasteiger partial charge on any atom is -0.491 e. The lowest BCUT2D eigenvalue weighted by molar-refractivity contribution is 0.0864. The number of fused-ring (bicyclic) bond motifs is 1. The van der Waals surface area contributed by atoms with E-state index in [9.17, 15) is 4.79 Å². The number of H-pyrrole nitrogens is 1. The molecule has 1 aromatic carbocycles. The monoisotopic (exact) mass is 379 g/mol. The second-order valence-corrected chi connectivity index (χ2v) is 6.40. The van der Waals surface area contributed by atoms with E-state index in [0.717, 1.165) is 31.0 Å². The Kier molecular flexibility index (Phi) is 6.88. The predicted octanol–water partition coefficient (Wildman–Crippen LogP) is 2.90. The molecule has 4 N–H and O–H groups in total. The van der Waals surface area contributed by atoms with Crippen LogP contribution in [0, 0.1) is 5.41 Å². The first kappa shape index (κ1) is 20.1. The Morgan fingerprint density at radius 2 is 2.04 bits per heavy atom. The van der Waals surface area contributed by atoms with Crippen LogP contribution < -0.4 is 10.5 Å². The van der Waals surface area contributed by atoms with Crippen molar-refractivity contribution in [1.29, 1.82) is 5.41 Å². The zero-order chi connectivity index (χ0) is 19.3. The Bertz CT molecular complexity index is 785. The van der Waals surface area contributed by atoms with Gasteiger partial charge in [-0.05, 0) is 37.7 Å². The Morgan fingerprint density at radius 3 is 2.65 bits per heavy atom. The van der Waals surface area contributed by atoms with Gasteiger partial charge in [-0.25, -0.2) is 0 Å². The van der Waals surface area contributed by atoms with Crippen molar-refractivity contribution in [3.63, 3.8) is 0 Å². The van der Waals surface area contributed by atoms with Crippen LogP contribution >= 0.6 is 11.6 Å². The van der Waals surface area contributed by atoms with Crippen LogP contribution in [0.5, 0.6) is 5.75 Å². The summed E-state index contributed by atoms with van der Waals surface area (Å²) in [6, 6.07) is 5.20. The molecule has 2 rings (SSSR count). The van der Waals surface area contributed by atoms with E-state index in [1.165, 1.54) is 7.05 Å². The summed E-state index contributed by atoms with van der Waals surface area (Å²) in [6.07, 6.45) is 0.908. The van der Waals surface area contributed by atoms with Gasteiger partial charge in [0.25, 0.3) is 5.91 Å². The number of carbonyl (C=O) groups excluding carboxylic acids is 1. The lowest BCUT2D eigenvalue weighted by Gasteiger charge is -2.17. The molecule has 8 heteroatoms. The molecule has 7 nitrogen and oxygen atoms in total. The molecule has 1 amide bonds. The second kappa shape index (κ2) is 8.91. The normalized spacial score (nSPS) is 11.1. The van der Waals surface area contributed by atoms with Gasteiger partial charge < -0.3 is 20.4 Å². The maximum absolute atomic E-state index is 12.4. The molecule has 1 heterocycles. The van der Waals surface area contributed by atoms with E-state index in [0.29, 0.717) is 34.0 Å². The Hall–Kier alpha value is -2.25. The number of benzene rings is 1. The van der Waals surface area contributed by atoms with E-state index in [4.69, 9.17) is 27.5 Å². The Labute approximate surface area is 158 Å². The number of nitrogens with two attached hydrogens (primary N) is 1. The number of halogens is 1. The van der Waals surface area contributed by atoms with Crippen LogP contribution in [-0.4, -0.2) is 59.9 Å². The minimum atomic E-state index is -0.405. The molecule has 2 aromatic rings. The lowest BCUT2D eigenvalue weighted by atomic mass is 10.2. The largest absolute Gasteiger partial charge is 0.491 e. The fourth-order valence-electron chi connectivity index (χ4n) is 2.69. The number of rotatable bonds is 8. The highest BCUT2D eigenvalue weighted by atomic mass is 35.5. The van der Waals surface area contributed by atoms with E-state index in [2.05, 4.69) is 23.7 Å². The maximum Gasteiger partial charge on any atom is 0.276 e. The minimum absolute atomic E-state index is 0.304. The number of amides is 1. The van der Waals surface area contributed by atoms with Gasteiger partial charge in [-0.2, -0.15) is 0 Å². The number of carbonyl (C=O) groups is 1. The van der Waals surface area contributed by atoms with E-state index < -0.39 is 5.91 Å². The van der Waals surface area contributed by atoms with Crippen molar-refractivity contribution >= 4 is 34.4 Å². The Balaban J connectivity index is 2.17. The van der Waals surface area contributed by atoms with Gasteiger partial charge >= 0.3 is 0 Å². The summed E-state index contributed by atoms with van der Waals surface area (Å²) in [6.45, 7) is 7.87. The van der Waals surface area contributed by atoms with Crippen molar-refractivity contribution in [1.82, 2.24) is 14.8 Å². The quantitative estimate of drug-likeness (QED) is 0.373. The molecule has 0 aliphatic heterocycles. The van der Waals surface area contributed by atoms with Crippen molar-refractivity contribution in [2.75, 3.05) is 33.3 Å². The van der Waals surface area contributed by atoms with Crippen molar-refractivity contribution in [3.05, 3.63) is 28.9 Å². The second-order valence-electron chi connectivity index (χ2n) is 6.00. The summed E-state index contributed by atoms with van der Waals surface area (Å²) >= 11 is 6.26. The first-order valence-electron chi connectivity index (χ1n) is 8.67. The highest BCUT2D eigenvalue weighted by molar-refractivity contribution is 6.35. The van der Waals surface area contributed by atoms with E-state index in [-0.39, 0.29) is 5.96 Å². The fourth-order valence-corrected chi connectivity index (χ4v) is 2.91. The summed E-state index contributed by atoms with van der Waals surface area (Å²) < 4.78 is 5.91. The molecule has 0 fully saturated rings. The van der Waals surface area contributed by atoms with Gasteiger partial charge in [0, 0.05) is 19.0 Å². The highest BCUT2D eigenvalue weighted by Crippen LogP contribution is 2.32. The number of guanidine groups is 1. The summed E-state index contributed by atoms with van der Waals surface area (Å²) in [5.74, 6) is -0.0849. The third-order valence-corrected chi connectivity index (χ3v) is 4.70. The highest BCUT2D eigenvalue weighted by Gasteiger charge is 2.19. The topological polar surface area (TPSA) is 98.4 Å². The number of ether oxygens (including phenoxy) is 1. The summed E-state index contributed by atoms with van der Waals surface area (Å²) in [5.41, 5.74) is 6.35.